The van der Waals surface area contributed by atoms with Gasteiger partial charge in [-0.15, -0.1) is 0 Å². The lowest BCUT2D eigenvalue weighted by molar-refractivity contribution is -0.123. The normalized spacial score (nSPS) is 23.3. The number of carbonyl (C=O) groups is 2. The quantitative estimate of drug-likeness (QED) is 0.816. The van der Waals surface area contributed by atoms with Crippen LogP contribution in [0, 0.1) is 13.8 Å². The van der Waals surface area contributed by atoms with Gasteiger partial charge in [0.15, 0.2) is 0 Å². The zero-order valence-electron chi connectivity index (χ0n) is 14.4. The van der Waals surface area contributed by atoms with Crippen molar-refractivity contribution < 1.29 is 14.7 Å². The molecule has 130 valence electrons. The van der Waals surface area contributed by atoms with Gasteiger partial charge >= 0.3 is 0 Å². The first-order valence-electron chi connectivity index (χ1n) is 8.52. The van der Waals surface area contributed by atoms with Crippen molar-refractivity contribution in [2.75, 3.05) is 44.2 Å². The molecule has 2 aliphatic rings. The molecule has 0 spiro atoms. The first-order valence-corrected chi connectivity index (χ1v) is 8.52. The summed E-state index contributed by atoms with van der Waals surface area (Å²) in [5.41, 5.74) is 2.69. The van der Waals surface area contributed by atoms with Crippen molar-refractivity contribution in [1.29, 1.82) is 0 Å². The monoisotopic (exact) mass is 331 g/mol. The van der Waals surface area contributed by atoms with Gasteiger partial charge in [0.25, 0.3) is 5.91 Å². The van der Waals surface area contributed by atoms with Gasteiger partial charge in [-0.05, 0) is 31.0 Å². The summed E-state index contributed by atoms with van der Waals surface area (Å²) < 4.78 is 0. The number of hydrogen-bond donors (Lipinski definition) is 1. The standard InChI is InChI=1S/C18H25N3O3/c1-13-3-4-14(2)15(11-13)21-17(23)12-16(18(21)24)20-7-5-19(6-8-20)9-10-22/h3-4,11,16,22H,5-10,12H2,1-2H3/t16-/m1/s1. The fourth-order valence-electron chi connectivity index (χ4n) is 3.55. The lowest BCUT2D eigenvalue weighted by Crippen LogP contribution is -2.53. The molecule has 0 unspecified atom stereocenters. The number of β-amino-alcohol motifs (C(OH)–C–C–N with tert-alkyl or cyclic N) is 1. The van der Waals surface area contributed by atoms with E-state index in [1.807, 2.05) is 32.0 Å². The number of anilines is 1. The van der Waals surface area contributed by atoms with Crippen LogP contribution in [-0.4, -0.2) is 72.1 Å². The van der Waals surface area contributed by atoms with Gasteiger partial charge in [-0.1, -0.05) is 12.1 Å². The maximum absolute atomic E-state index is 12.9. The average molecular weight is 331 g/mol. The molecule has 0 saturated carbocycles. The number of aliphatic hydroxyl groups excluding tert-OH is 1. The van der Waals surface area contributed by atoms with E-state index in [1.165, 1.54) is 4.90 Å². The smallest absolute Gasteiger partial charge is 0.251 e. The molecule has 6 nitrogen and oxygen atoms in total. The lowest BCUT2D eigenvalue weighted by atomic mass is 10.1. The summed E-state index contributed by atoms with van der Waals surface area (Å²) in [5, 5.41) is 9.02. The molecule has 0 bridgehead atoms. The van der Waals surface area contributed by atoms with Gasteiger partial charge in [0, 0.05) is 32.7 Å². The number of rotatable bonds is 4. The molecular formula is C18H25N3O3. The molecule has 2 saturated heterocycles. The Labute approximate surface area is 142 Å². The minimum absolute atomic E-state index is 0.107. The topological polar surface area (TPSA) is 64.1 Å². The Morgan fingerprint density at radius 2 is 1.83 bits per heavy atom. The number of aryl methyl sites for hydroxylation is 2. The number of hydrogen-bond acceptors (Lipinski definition) is 5. The number of carbonyl (C=O) groups excluding carboxylic acids is 2. The third kappa shape index (κ3) is 3.22. The Balaban J connectivity index is 1.74. The third-order valence-corrected chi connectivity index (χ3v) is 4.99. The highest BCUT2D eigenvalue weighted by Crippen LogP contribution is 2.29. The molecule has 3 rings (SSSR count). The first-order chi connectivity index (χ1) is 11.5. The highest BCUT2D eigenvalue weighted by molar-refractivity contribution is 6.22. The summed E-state index contributed by atoms with van der Waals surface area (Å²) in [6.07, 6.45) is 0.256. The van der Waals surface area contributed by atoms with Crippen LogP contribution in [0.2, 0.25) is 0 Å². The second kappa shape index (κ2) is 7.01. The van der Waals surface area contributed by atoms with Crippen LogP contribution >= 0.6 is 0 Å². The summed E-state index contributed by atoms with van der Waals surface area (Å²) in [6, 6.07) is 5.49. The minimum Gasteiger partial charge on any atom is -0.395 e. The van der Waals surface area contributed by atoms with E-state index in [-0.39, 0.29) is 30.9 Å². The van der Waals surface area contributed by atoms with Crippen molar-refractivity contribution in [3.8, 4) is 0 Å². The minimum atomic E-state index is -0.353. The first kappa shape index (κ1) is 17.1. The van der Waals surface area contributed by atoms with Crippen LogP contribution in [0.4, 0.5) is 5.69 Å². The third-order valence-electron chi connectivity index (χ3n) is 4.99. The SMILES string of the molecule is Cc1ccc(C)c(N2C(=O)C[C@@H](N3CCN(CCO)CC3)C2=O)c1. The molecule has 1 N–H and O–H groups in total. The summed E-state index contributed by atoms with van der Waals surface area (Å²) >= 11 is 0. The van der Waals surface area contributed by atoms with Crippen molar-refractivity contribution >= 4 is 17.5 Å². The van der Waals surface area contributed by atoms with E-state index >= 15 is 0 Å². The Morgan fingerprint density at radius 3 is 2.50 bits per heavy atom. The number of imide groups is 1. The number of piperazine rings is 1. The molecule has 2 amide bonds. The number of benzene rings is 1. The van der Waals surface area contributed by atoms with Gasteiger partial charge in [0.1, 0.15) is 0 Å². The average Bonchev–Trinajstić information content (AvgIpc) is 2.86. The predicted molar refractivity (Wildman–Crippen MR) is 91.9 cm³/mol. The maximum atomic E-state index is 12.9. The van der Waals surface area contributed by atoms with Crippen LogP contribution in [0.3, 0.4) is 0 Å². The predicted octanol–water partition coefficient (Wildman–Crippen LogP) is 0.545. The molecule has 0 radical (unpaired) electrons. The zero-order chi connectivity index (χ0) is 17.3. The number of amides is 2. The summed E-state index contributed by atoms with van der Waals surface area (Å²) in [5.74, 6) is -0.221. The van der Waals surface area contributed by atoms with Crippen LogP contribution in [0.15, 0.2) is 18.2 Å². The zero-order valence-corrected chi connectivity index (χ0v) is 14.4. The largest absolute Gasteiger partial charge is 0.395 e. The van der Waals surface area contributed by atoms with E-state index in [9.17, 15) is 9.59 Å². The molecule has 6 heteroatoms. The van der Waals surface area contributed by atoms with Crippen molar-refractivity contribution in [1.82, 2.24) is 9.80 Å². The van der Waals surface area contributed by atoms with Crippen LogP contribution in [0.1, 0.15) is 17.5 Å². The van der Waals surface area contributed by atoms with Gasteiger partial charge in [-0.3, -0.25) is 19.4 Å². The van der Waals surface area contributed by atoms with E-state index in [0.29, 0.717) is 12.2 Å². The Bertz CT molecular complexity index is 638. The van der Waals surface area contributed by atoms with Crippen LogP contribution < -0.4 is 4.90 Å². The molecule has 1 aromatic rings. The Morgan fingerprint density at radius 1 is 1.12 bits per heavy atom. The van der Waals surface area contributed by atoms with Crippen LogP contribution in [0.5, 0.6) is 0 Å². The molecular weight excluding hydrogens is 306 g/mol. The molecule has 2 heterocycles. The summed E-state index contributed by atoms with van der Waals surface area (Å²) in [7, 11) is 0. The molecule has 1 atom stereocenters. The van der Waals surface area contributed by atoms with Gasteiger partial charge < -0.3 is 5.11 Å². The van der Waals surface area contributed by atoms with E-state index in [0.717, 1.165) is 37.3 Å². The van der Waals surface area contributed by atoms with Crippen molar-refractivity contribution in [3.05, 3.63) is 29.3 Å². The highest BCUT2D eigenvalue weighted by Gasteiger charge is 2.43. The number of aliphatic hydroxyl groups is 1. The van der Waals surface area contributed by atoms with Crippen molar-refractivity contribution in [2.24, 2.45) is 0 Å². The van der Waals surface area contributed by atoms with Crippen LogP contribution in [0.25, 0.3) is 0 Å². The lowest BCUT2D eigenvalue weighted by Gasteiger charge is -2.36. The van der Waals surface area contributed by atoms with E-state index in [4.69, 9.17) is 5.11 Å². The maximum Gasteiger partial charge on any atom is 0.251 e. The van der Waals surface area contributed by atoms with Gasteiger partial charge in [0.05, 0.1) is 24.8 Å². The Kier molecular flexibility index (Phi) is 4.99. The van der Waals surface area contributed by atoms with E-state index in [2.05, 4.69) is 9.80 Å². The van der Waals surface area contributed by atoms with Gasteiger partial charge in [-0.25, -0.2) is 4.90 Å². The Hall–Kier alpha value is -1.76. The molecule has 2 fully saturated rings. The van der Waals surface area contributed by atoms with Gasteiger partial charge in [-0.2, -0.15) is 0 Å². The molecule has 1 aromatic carbocycles. The second-order valence-electron chi connectivity index (χ2n) is 6.68. The second-order valence-corrected chi connectivity index (χ2v) is 6.68. The fourth-order valence-corrected chi connectivity index (χ4v) is 3.55. The number of nitrogens with zero attached hydrogens (tertiary/aromatic N) is 3. The van der Waals surface area contributed by atoms with E-state index in [1.54, 1.807) is 0 Å². The highest BCUT2D eigenvalue weighted by atomic mass is 16.3. The van der Waals surface area contributed by atoms with Crippen LogP contribution in [-0.2, 0) is 9.59 Å². The van der Waals surface area contributed by atoms with Crippen molar-refractivity contribution in [2.45, 2.75) is 26.3 Å². The fraction of sp³-hybridized carbons (Fsp3) is 0.556. The summed E-state index contributed by atoms with van der Waals surface area (Å²) in [6.45, 7) is 7.86. The molecule has 0 aromatic heterocycles. The van der Waals surface area contributed by atoms with Crippen molar-refractivity contribution in [3.63, 3.8) is 0 Å². The molecule has 0 aliphatic carbocycles. The van der Waals surface area contributed by atoms with E-state index < -0.39 is 0 Å². The summed E-state index contributed by atoms with van der Waals surface area (Å²) in [4.78, 5) is 31.1. The van der Waals surface area contributed by atoms with Gasteiger partial charge in [0.2, 0.25) is 5.91 Å². The molecule has 24 heavy (non-hydrogen) atoms. The molecule has 2 aliphatic heterocycles.